The minimum absolute atomic E-state index is 0.298. The molecule has 1 N–H and O–H groups in total. The zero-order valence-corrected chi connectivity index (χ0v) is 15.6. The van der Waals surface area contributed by atoms with Crippen LogP contribution >= 0.6 is 0 Å². The van der Waals surface area contributed by atoms with Gasteiger partial charge in [-0.2, -0.15) is 0 Å². The summed E-state index contributed by atoms with van der Waals surface area (Å²) in [6.07, 6.45) is 5.84. The molecule has 3 rings (SSSR count). The first-order valence-electron chi connectivity index (χ1n) is 9.00. The SMILES string of the molecule is COc1cc(-c2ccc(O[C@@H](C)[C@H](O)CCc3cccnc3)cc2)ccn1. The fourth-order valence-corrected chi connectivity index (χ4v) is 2.82. The smallest absolute Gasteiger partial charge is 0.213 e. The molecule has 2 heterocycles. The van der Waals surface area contributed by atoms with Gasteiger partial charge >= 0.3 is 0 Å². The van der Waals surface area contributed by atoms with Crippen molar-refractivity contribution in [3.05, 3.63) is 72.7 Å². The molecule has 0 amide bonds. The van der Waals surface area contributed by atoms with Crippen LogP contribution in [0.5, 0.6) is 11.6 Å². The first kappa shape index (κ1) is 18.9. The van der Waals surface area contributed by atoms with Gasteiger partial charge in [-0.1, -0.05) is 18.2 Å². The molecule has 3 aromatic rings. The number of aliphatic hydroxyl groups excluding tert-OH is 1. The Morgan fingerprint density at radius 1 is 1.04 bits per heavy atom. The van der Waals surface area contributed by atoms with Gasteiger partial charge in [-0.25, -0.2) is 4.98 Å². The Kier molecular flexibility index (Phi) is 6.39. The number of aryl methyl sites for hydroxylation is 1. The van der Waals surface area contributed by atoms with E-state index in [0.29, 0.717) is 12.3 Å². The maximum atomic E-state index is 10.4. The van der Waals surface area contributed by atoms with E-state index < -0.39 is 6.10 Å². The standard InChI is InChI=1S/C22H24N2O3/c1-16(21(25)10-5-17-4-3-12-23-15-17)27-20-8-6-18(7-9-20)19-11-13-24-22(14-19)26-2/h3-4,6-9,11-16,21,25H,5,10H2,1-2H3/t16-,21+/m0/s1. The lowest BCUT2D eigenvalue weighted by Crippen LogP contribution is -2.29. The highest BCUT2D eigenvalue weighted by atomic mass is 16.5. The van der Waals surface area contributed by atoms with E-state index in [2.05, 4.69) is 9.97 Å². The molecule has 0 saturated heterocycles. The third-order valence-corrected chi connectivity index (χ3v) is 4.45. The molecule has 27 heavy (non-hydrogen) atoms. The number of aromatic nitrogens is 2. The van der Waals surface area contributed by atoms with Crippen LogP contribution in [0.4, 0.5) is 0 Å². The molecule has 5 nitrogen and oxygen atoms in total. The predicted octanol–water partition coefficient (Wildman–Crippen LogP) is 3.91. The molecule has 140 valence electrons. The average Bonchev–Trinajstić information content (AvgIpc) is 2.73. The highest BCUT2D eigenvalue weighted by molar-refractivity contribution is 5.64. The molecule has 0 aliphatic carbocycles. The van der Waals surface area contributed by atoms with E-state index in [1.165, 1.54) is 0 Å². The van der Waals surface area contributed by atoms with Gasteiger partial charge in [-0.15, -0.1) is 0 Å². The molecule has 0 bridgehead atoms. The Morgan fingerprint density at radius 3 is 2.56 bits per heavy atom. The Morgan fingerprint density at radius 2 is 1.85 bits per heavy atom. The second-order valence-electron chi connectivity index (χ2n) is 6.40. The van der Waals surface area contributed by atoms with E-state index in [4.69, 9.17) is 9.47 Å². The number of pyridine rings is 2. The second-order valence-corrected chi connectivity index (χ2v) is 6.40. The predicted molar refractivity (Wildman–Crippen MR) is 105 cm³/mol. The molecule has 5 heteroatoms. The van der Waals surface area contributed by atoms with Crippen molar-refractivity contribution in [2.75, 3.05) is 7.11 Å². The van der Waals surface area contributed by atoms with E-state index in [0.717, 1.165) is 28.9 Å². The first-order chi connectivity index (χ1) is 13.2. The van der Waals surface area contributed by atoms with Crippen LogP contribution in [0.3, 0.4) is 0 Å². The Bertz CT molecular complexity index is 838. The molecule has 0 radical (unpaired) electrons. The summed E-state index contributed by atoms with van der Waals surface area (Å²) in [6.45, 7) is 1.88. The maximum absolute atomic E-state index is 10.4. The van der Waals surface area contributed by atoms with Crippen molar-refractivity contribution in [1.29, 1.82) is 0 Å². The minimum Gasteiger partial charge on any atom is -0.488 e. The fourth-order valence-electron chi connectivity index (χ4n) is 2.82. The van der Waals surface area contributed by atoms with E-state index in [1.54, 1.807) is 19.5 Å². The Hall–Kier alpha value is -2.92. The van der Waals surface area contributed by atoms with Crippen molar-refractivity contribution in [2.24, 2.45) is 0 Å². The maximum Gasteiger partial charge on any atom is 0.213 e. The molecule has 0 saturated carbocycles. The van der Waals surface area contributed by atoms with Gasteiger partial charge in [0.25, 0.3) is 0 Å². The molecule has 1 aromatic carbocycles. The summed E-state index contributed by atoms with van der Waals surface area (Å²) in [4.78, 5) is 8.22. The summed E-state index contributed by atoms with van der Waals surface area (Å²) in [5, 5.41) is 10.4. The molecule has 2 aromatic heterocycles. The third-order valence-electron chi connectivity index (χ3n) is 4.45. The number of ether oxygens (including phenoxy) is 2. The van der Waals surface area contributed by atoms with Gasteiger partial charge < -0.3 is 14.6 Å². The van der Waals surface area contributed by atoms with E-state index in [-0.39, 0.29) is 6.10 Å². The minimum atomic E-state index is -0.547. The largest absolute Gasteiger partial charge is 0.488 e. The normalized spacial score (nSPS) is 13.0. The quantitative estimate of drug-likeness (QED) is 0.656. The van der Waals surface area contributed by atoms with Crippen LogP contribution in [0.1, 0.15) is 18.9 Å². The van der Waals surface area contributed by atoms with Crippen molar-refractivity contribution >= 4 is 0 Å². The van der Waals surface area contributed by atoms with Crippen LogP contribution < -0.4 is 9.47 Å². The molecular formula is C22H24N2O3. The molecule has 2 atom stereocenters. The second kappa shape index (κ2) is 9.14. The zero-order valence-electron chi connectivity index (χ0n) is 15.6. The molecule has 0 spiro atoms. The first-order valence-corrected chi connectivity index (χ1v) is 9.00. The topological polar surface area (TPSA) is 64.5 Å². The van der Waals surface area contributed by atoms with E-state index in [1.807, 2.05) is 61.7 Å². The van der Waals surface area contributed by atoms with Crippen LogP contribution in [0, 0.1) is 0 Å². The molecule has 0 fully saturated rings. The summed E-state index contributed by atoms with van der Waals surface area (Å²) >= 11 is 0. The lowest BCUT2D eigenvalue weighted by Gasteiger charge is -2.20. The highest BCUT2D eigenvalue weighted by Gasteiger charge is 2.16. The third kappa shape index (κ3) is 5.28. The lowest BCUT2D eigenvalue weighted by molar-refractivity contribution is 0.0420. The molecule has 0 aliphatic heterocycles. The lowest BCUT2D eigenvalue weighted by atomic mass is 10.1. The number of aliphatic hydroxyl groups is 1. The highest BCUT2D eigenvalue weighted by Crippen LogP contribution is 2.25. The summed E-state index contributed by atoms with van der Waals surface area (Å²) < 4.78 is 11.1. The van der Waals surface area contributed by atoms with Crippen LogP contribution in [0.15, 0.2) is 67.1 Å². The van der Waals surface area contributed by atoms with Crippen molar-refractivity contribution in [1.82, 2.24) is 9.97 Å². The van der Waals surface area contributed by atoms with Crippen LogP contribution in [-0.2, 0) is 6.42 Å². The summed E-state index contributed by atoms with van der Waals surface area (Å²) in [6, 6.07) is 15.5. The number of hydrogen-bond donors (Lipinski definition) is 1. The van der Waals surface area contributed by atoms with Crippen molar-refractivity contribution in [2.45, 2.75) is 32.0 Å². The van der Waals surface area contributed by atoms with Gasteiger partial charge in [0.05, 0.1) is 13.2 Å². The fraction of sp³-hybridized carbons (Fsp3) is 0.273. The zero-order chi connectivity index (χ0) is 19.1. The van der Waals surface area contributed by atoms with E-state index in [9.17, 15) is 5.11 Å². The van der Waals surface area contributed by atoms with Crippen molar-refractivity contribution in [3.63, 3.8) is 0 Å². The number of rotatable bonds is 8. The number of hydrogen-bond acceptors (Lipinski definition) is 5. The number of nitrogens with zero attached hydrogens (tertiary/aromatic N) is 2. The van der Waals surface area contributed by atoms with E-state index >= 15 is 0 Å². The summed E-state index contributed by atoms with van der Waals surface area (Å²) in [7, 11) is 1.60. The summed E-state index contributed by atoms with van der Waals surface area (Å²) in [5.41, 5.74) is 3.19. The van der Waals surface area contributed by atoms with Crippen molar-refractivity contribution in [3.8, 4) is 22.8 Å². The monoisotopic (exact) mass is 364 g/mol. The Balaban J connectivity index is 1.56. The Labute approximate surface area is 159 Å². The summed E-state index contributed by atoms with van der Waals surface area (Å²) in [5.74, 6) is 1.31. The molecule has 0 aliphatic rings. The van der Waals surface area contributed by atoms with Crippen molar-refractivity contribution < 1.29 is 14.6 Å². The van der Waals surface area contributed by atoms with Gasteiger partial charge in [0.2, 0.25) is 5.88 Å². The average molecular weight is 364 g/mol. The molecular weight excluding hydrogens is 340 g/mol. The van der Waals surface area contributed by atoms with Crippen LogP contribution in [0.2, 0.25) is 0 Å². The van der Waals surface area contributed by atoms with Gasteiger partial charge in [0.1, 0.15) is 11.9 Å². The van der Waals surface area contributed by atoms with Gasteiger partial charge in [0, 0.05) is 24.7 Å². The number of methoxy groups -OCH3 is 1. The van der Waals surface area contributed by atoms with Crippen LogP contribution in [0.25, 0.3) is 11.1 Å². The van der Waals surface area contributed by atoms with Gasteiger partial charge in [0.15, 0.2) is 0 Å². The molecule has 0 unspecified atom stereocenters. The number of benzene rings is 1. The van der Waals surface area contributed by atoms with Gasteiger partial charge in [-0.05, 0) is 60.7 Å². The van der Waals surface area contributed by atoms with Crippen LogP contribution in [-0.4, -0.2) is 34.4 Å². The van der Waals surface area contributed by atoms with Gasteiger partial charge in [-0.3, -0.25) is 4.98 Å².